The molecule has 0 atom stereocenters. The zero-order chi connectivity index (χ0) is 21.6. The van der Waals surface area contributed by atoms with E-state index in [-0.39, 0.29) is 5.91 Å². The normalized spacial score (nSPS) is 12.8. The van der Waals surface area contributed by atoms with Crippen molar-refractivity contribution in [3.05, 3.63) is 82.9 Å². The average molecular weight is 415 g/mol. The van der Waals surface area contributed by atoms with Gasteiger partial charge in [0.15, 0.2) is 5.96 Å². The van der Waals surface area contributed by atoms with E-state index in [1.807, 2.05) is 50.4 Å². The molecule has 3 heterocycles. The topological polar surface area (TPSA) is 91.3 Å². The molecule has 0 radical (unpaired) electrons. The highest BCUT2D eigenvalue weighted by Crippen LogP contribution is 2.25. The van der Waals surface area contributed by atoms with Crippen molar-refractivity contribution in [3.63, 3.8) is 0 Å². The highest BCUT2D eigenvalue weighted by Gasteiger charge is 2.12. The number of nitrogens with one attached hydrogen (secondary N) is 3. The quantitative estimate of drug-likeness (QED) is 0.577. The first kappa shape index (κ1) is 20.5. The van der Waals surface area contributed by atoms with Gasteiger partial charge in [0.1, 0.15) is 0 Å². The van der Waals surface area contributed by atoms with Gasteiger partial charge in [0.2, 0.25) is 0 Å². The molecule has 0 aliphatic carbocycles. The number of aromatic nitrogens is 2. The SMILES string of the molecule is Cc1ccc(CNC(=O)c2cc(CNC3=NCCN3)cc(-c3cnccc3C)c2)cn1. The molecule has 4 rings (SSSR count). The summed E-state index contributed by atoms with van der Waals surface area (Å²) in [5, 5.41) is 9.51. The van der Waals surface area contributed by atoms with Gasteiger partial charge in [0.05, 0.1) is 6.54 Å². The molecule has 31 heavy (non-hydrogen) atoms. The standard InChI is InChI=1S/C24H26N6O/c1-16-5-6-25-15-22(16)20-9-19(14-30-24-26-7-8-27-24)10-21(11-20)23(31)29-13-18-4-3-17(2)28-12-18/h3-6,9-12,15H,7-8,13-14H2,1-2H3,(H,29,31)(H2,26,27,30). The number of benzene rings is 1. The third kappa shape index (κ3) is 5.25. The molecule has 0 spiro atoms. The molecule has 3 N–H and O–H groups in total. The van der Waals surface area contributed by atoms with E-state index in [4.69, 9.17) is 0 Å². The summed E-state index contributed by atoms with van der Waals surface area (Å²) in [5.74, 6) is 0.669. The number of hydrogen-bond donors (Lipinski definition) is 3. The van der Waals surface area contributed by atoms with Gasteiger partial charge in [-0.2, -0.15) is 0 Å². The van der Waals surface area contributed by atoms with Crippen molar-refractivity contribution < 1.29 is 4.79 Å². The van der Waals surface area contributed by atoms with Gasteiger partial charge >= 0.3 is 0 Å². The number of rotatable bonds is 6. The summed E-state index contributed by atoms with van der Waals surface area (Å²) >= 11 is 0. The van der Waals surface area contributed by atoms with Crippen LogP contribution in [0.5, 0.6) is 0 Å². The van der Waals surface area contributed by atoms with Crippen LogP contribution in [0.4, 0.5) is 0 Å². The van der Waals surface area contributed by atoms with Crippen LogP contribution in [0, 0.1) is 13.8 Å². The minimum Gasteiger partial charge on any atom is -0.355 e. The van der Waals surface area contributed by atoms with Crippen LogP contribution in [-0.2, 0) is 13.1 Å². The first-order valence-electron chi connectivity index (χ1n) is 10.4. The van der Waals surface area contributed by atoms with Gasteiger partial charge in [0.25, 0.3) is 5.91 Å². The lowest BCUT2D eigenvalue weighted by molar-refractivity contribution is 0.0951. The maximum atomic E-state index is 13.0. The van der Waals surface area contributed by atoms with Crippen LogP contribution >= 0.6 is 0 Å². The Labute approximate surface area is 182 Å². The summed E-state index contributed by atoms with van der Waals surface area (Å²) in [7, 11) is 0. The van der Waals surface area contributed by atoms with E-state index in [2.05, 4.69) is 37.0 Å². The van der Waals surface area contributed by atoms with E-state index in [9.17, 15) is 4.79 Å². The predicted octanol–water partition coefficient (Wildman–Crippen LogP) is 2.74. The van der Waals surface area contributed by atoms with E-state index in [0.29, 0.717) is 18.7 Å². The van der Waals surface area contributed by atoms with Crippen LogP contribution in [0.15, 0.2) is 60.0 Å². The number of hydrogen-bond acceptors (Lipinski definition) is 6. The van der Waals surface area contributed by atoms with E-state index in [1.54, 1.807) is 12.4 Å². The molecule has 2 aromatic heterocycles. The second-order valence-corrected chi connectivity index (χ2v) is 7.61. The molecule has 3 aromatic rings. The minimum atomic E-state index is -0.124. The summed E-state index contributed by atoms with van der Waals surface area (Å²) in [6.07, 6.45) is 5.40. The van der Waals surface area contributed by atoms with Crippen LogP contribution in [0.25, 0.3) is 11.1 Å². The lowest BCUT2D eigenvalue weighted by Gasteiger charge is -2.13. The number of carbonyl (C=O) groups excluding carboxylic acids is 1. The molecule has 1 aromatic carbocycles. The molecule has 158 valence electrons. The van der Waals surface area contributed by atoms with Crippen molar-refractivity contribution >= 4 is 11.9 Å². The Morgan fingerprint density at radius 3 is 2.71 bits per heavy atom. The molecule has 1 aliphatic rings. The number of guanidine groups is 1. The zero-order valence-corrected chi connectivity index (χ0v) is 17.8. The molecule has 0 bridgehead atoms. The van der Waals surface area contributed by atoms with Gasteiger partial charge in [-0.15, -0.1) is 0 Å². The van der Waals surface area contributed by atoms with E-state index in [1.165, 1.54) is 0 Å². The van der Waals surface area contributed by atoms with Crippen molar-refractivity contribution in [2.75, 3.05) is 13.1 Å². The number of aliphatic imine (C=N–C) groups is 1. The summed E-state index contributed by atoms with van der Waals surface area (Å²) in [6, 6.07) is 11.8. The third-order valence-electron chi connectivity index (χ3n) is 5.16. The Balaban J connectivity index is 1.57. The fraction of sp³-hybridized carbons (Fsp3) is 0.250. The average Bonchev–Trinajstić information content (AvgIpc) is 3.31. The van der Waals surface area contributed by atoms with E-state index < -0.39 is 0 Å². The van der Waals surface area contributed by atoms with Gasteiger partial charge < -0.3 is 16.0 Å². The lowest BCUT2D eigenvalue weighted by Crippen LogP contribution is -2.33. The summed E-state index contributed by atoms with van der Waals surface area (Å²) in [4.78, 5) is 25.9. The Morgan fingerprint density at radius 1 is 1.06 bits per heavy atom. The minimum absolute atomic E-state index is 0.124. The fourth-order valence-electron chi connectivity index (χ4n) is 3.44. The molecule has 7 nitrogen and oxygen atoms in total. The summed E-state index contributed by atoms with van der Waals surface area (Å²) in [6.45, 7) is 6.61. The fourth-order valence-corrected chi connectivity index (χ4v) is 3.44. The first-order valence-corrected chi connectivity index (χ1v) is 10.4. The van der Waals surface area contributed by atoms with Crippen LogP contribution in [0.2, 0.25) is 0 Å². The molecular weight excluding hydrogens is 388 g/mol. The van der Waals surface area contributed by atoms with Crippen molar-refractivity contribution in [1.29, 1.82) is 0 Å². The molecule has 0 saturated heterocycles. The first-order chi connectivity index (χ1) is 15.1. The summed E-state index contributed by atoms with van der Waals surface area (Å²) in [5.41, 5.74) is 6.61. The largest absolute Gasteiger partial charge is 0.355 e. The maximum absolute atomic E-state index is 13.0. The van der Waals surface area contributed by atoms with E-state index >= 15 is 0 Å². The van der Waals surface area contributed by atoms with Gasteiger partial charge in [-0.1, -0.05) is 6.07 Å². The van der Waals surface area contributed by atoms with Crippen LogP contribution in [0.3, 0.4) is 0 Å². The molecular formula is C24H26N6O. The van der Waals surface area contributed by atoms with Gasteiger partial charge in [-0.3, -0.25) is 19.8 Å². The monoisotopic (exact) mass is 414 g/mol. The van der Waals surface area contributed by atoms with E-state index in [0.717, 1.165) is 52.6 Å². The summed E-state index contributed by atoms with van der Waals surface area (Å²) < 4.78 is 0. The second kappa shape index (κ2) is 9.38. The second-order valence-electron chi connectivity index (χ2n) is 7.61. The molecule has 0 fully saturated rings. The van der Waals surface area contributed by atoms with Crippen molar-refractivity contribution in [2.45, 2.75) is 26.9 Å². The number of aryl methyl sites for hydroxylation is 2. The zero-order valence-electron chi connectivity index (χ0n) is 17.8. The predicted molar refractivity (Wildman–Crippen MR) is 122 cm³/mol. The Bertz CT molecular complexity index is 1110. The van der Waals surface area contributed by atoms with Crippen LogP contribution < -0.4 is 16.0 Å². The third-order valence-corrected chi connectivity index (χ3v) is 5.16. The Hall–Kier alpha value is -3.74. The Morgan fingerprint density at radius 2 is 1.97 bits per heavy atom. The smallest absolute Gasteiger partial charge is 0.251 e. The van der Waals surface area contributed by atoms with Gasteiger partial charge in [-0.05, 0) is 66.4 Å². The molecule has 0 unspecified atom stereocenters. The Kier molecular flexibility index (Phi) is 6.21. The highest BCUT2D eigenvalue weighted by molar-refractivity contribution is 5.96. The number of amides is 1. The number of carbonyl (C=O) groups is 1. The van der Waals surface area contributed by atoms with Crippen molar-refractivity contribution in [2.24, 2.45) is 4.99 Å². The van der Waals surface area contributed by atoms with Crippen LogP contribution in [0.1, 0.15) is 32.7 Å². The van der Waals surface area contributed by atoms with Crippen LogP contribution in [-0.4, -0.2) is 34.9 Å². The molecule has 1 aliphatic heterocycles. The van der Waals surface area contributed by atoms with Crippen molar-refractivity contribution in [3.8, 4) is 11.1 Å². The maximum Gasteiger partial charge on any atom is 0.251 e. The highest BCUT2D eigenvalue weighted by atomic mass is 16.1. The van der Waals surface area contributed by atoms with Gasteiger partial charge in [0, 0.05) is 55.0 Å². The number of nitrogens with zero attached hydrogens (tertiary/aromatic N) is 3. The lowest BCUT2D eigenvalue weighted by atomic mass is 9.97. The van der Waals surface area contributed by atoms with Gasteiger partial charge in [-0.25, -0.2) is 0 Å². The number of pyridine rings is 2. The molecule has 0 saturated carbocycles. The molecule has 1 amide bonds. The molecule has 7 heteroatoms. The van der Waals surface area contributed by atoms with Crippen molar-refractivity contribution in [1.82, 2.24) is 25.9 Å².